The van der Waals surface area contributed by atoms with Crippen LogP contribution in [-0.2, 0) is 6.54 Å². The van der Waals surface area contributed by atoms with Crippen LogP contribution in [0.3, 0.4) is 0 Å². The number of nitrogens with two attached hydrogens (primary N) is 1. The largest absolute Gasteiger partial charge is 0.398 e. The Morgan fingerprint density at radius 2 is 1.95 bits per heavy atom. The molecule has 0 amide bonds. The minimum absolute atomic E-state index is 0.377. The molecular formula is C15H21N3S. The normalized spacial score (nSPS) is 12.8. The van der Waals surface area contributed by atoms with Gasteiger partial charge in [0.2, 0.25) is 0 Å². The summed E-state index contributed by atoms with van der Waals surface area (Å²) in [4.78, 5) is 3.45. The zero-order valence-electron chi connectivity index (χ0n) is 11.5. The Kier molecular flexibility index (Phi) is 4.96. The van der Waals surface area contributed by atoms with Gasteiger partial charge in [-0.1, -0.05) is 30.3 Å². The molecule has 0 fully saturated rings. The van der Waals surface area contributed by atoms with Gasteiger partial charge in [-0.2, -0.15) is 0 Å². The van der Waals surface area contributed by atoms with Gasteiger partial charge in [0.1, 0.15) is 0 Å². The Labute approximate surface area is 119 Å². The molecule has 1 heterocycles. The van der Waals surface area contributed by atoms with Crippen molar-refractivity contribution < 1.29 is 0 Å². The van der Waals surface area contributed by atoms with Gasteiger partial charge in [0.15, 0.2) is 0 Å². The van der Waals surface area contributed by atoms with E-state index in [0.29, 0.717) is 6.04 Å². The monoisotopic (exact) mass is 275 g/mol. The van der Waals surface area contributed by atoms with E-state index in [0.717, 1.165) is 18.8 Å². The van der Waals surface area contributed by atoms with Crippen molar-refractivity contribution in [2.75, 3.05) is 26.4 Å². The van der Waals surface area contributed by atoms with E-state index in [1.807, 2.05) is 11.4 Å². The highest BCUT2D eigenvalue weighted by atomic mass is 32.1. The van der Waals surface area contributed by atoms with Gasteiger partial charge in [-0.25, -0.2) is 0 Å². The number of benzene rings is 1. The van der Waals surface area contributed by atoms with Gasteiger partial charge >= 0.3 is 0 Å². The van der Waals surface area contributed by atoms with Crippen molar-refractivity contribution in [1.29, 1.82) is 0 Å². The zero-order chi connectivity index (χ0) is 13.7. The zero-order valence-corrected chi connectivity index (χ0v) is 12.3. The Morgan fingerprint density at radius 3 is 2.53 bits per heavy atom. The predicted octanol–water partition coefficient (Wildman–Crippen LogP) is 2.72. The quantitative estimate of drug-likeness (QED) is 0.851. The van der Waals surface area contributed by atoms with Gasteiger partial charge in [0.05, 0.1) is 0 Å². The van der Waals surface area contributed by atoms with Gasteiger partial charge in [0, 0.05) is 29.7 Å². The molecule has 0 radical (unpaired) electrons. The van der Waals surface area contributed by atoms with Gasteiger partial charge < -0.3 is 16.0 Å². The lowest BCUT2D eigenvalue weighted by Crippen LogP contribution is -2.30. The first-order valence-corrected chi connectivity index (χ1v) is 7.30. The fraction of sp³-hybridized carbons (Fsp3) is 0.333. The third kappa shape index (κ3) is 3.80. The van der Waals surface area contributed by atoms with E-state index in [-0.39, 0.29) is 0 Å². The molecule has 4 heteroatoms. The second kappa shape index (κ2) is 6.70. The predicted molar refractivity (Wildman–Crippen MR) is 83.3 cm³/mol. The standard InChI is InChI=1S/C15H21N3S/c1-18(2)14(12-6-4-3-5-7-12)10-17-11-15-13(16)8-9-19-15/h3-9,14,17H,10-11,16H2,1-2H3. The number of likely N-dealkylation sites (N-methyl/N-ethyl adjacent to an activating group) is 1. The van der Waals surface area contributed by atoms with E-state index in [2.05, 4.69) is 54.6 Å². The molecule has 3 N–H and O–H groups in total. The number of anilines is 1. The van der Waals surface area contributed by atoms with E-state index in [1.54, 1.807) is 11.3 Å². The molecule has 0 bridgehead atoms. The van der Waals surface area contributed by atoms with Crippen molar-refractivity contribution in [2.24, 2.45) is 0 Å². The molecule has 1 aromatic carbocycles. The first-order chi connectivity index (χ1) is 9.18. The number of hydrogen-bond acceptors (Lipinski definition) is 4. The van der Waals surface area contributed by atoms with Gasteiger partial charge in [-0.05, 0) is 31.1 Å². The number of thiophene rings is 1. The summed E-state index contributed by atoms with van der Waals surface area (Å²) in [6.07, 6.45) is 0. The van der Waals surface area contributed by atoms with E-state index >= 15 is 0 Å². The van der Waals surface area contributed by atoms with E-state index in [1.165, 1.54) is 10.4 Å². The minimum atomic E-state index is 0.377. The first-order valence-electron chi connectivity index (χ1n) is 6.42. The molecule has 0 saturated carbocycles. The maximum atomic E-state index is 5.89. The van der Waals surface area contributed by atoms with Crippen molar-refractivity contribution in [3.8, 4) is 0 Å². The van der Waals surface area contributed by atoms with E-state index < -0.39 is 0 Å². The summed E-state index contributed by atoms with van der Waals surface area (Å²) in [5.41, 5.74) is 8.11. The highest BCUT2D eigenvalue weighted by Gasteiger charge is 2.13. The topological polar surface area (TPSA) is 41.3 Å². The Balaban J connectivity index is 1.93. The number of hydrogen-bond donors (Lipinski definition) is 2. The van der Waals surface area contributed by atoms with Gasteiger partial charge in [-0.3, -0.25) is 0 Å². The molecule has 0 aliphatic heterocycles. The molecule has 0 aliphatic carbocycles. The number of nitrogen functional groups attached to an aromatic ring is 1. The maximum Gasteiger partial charge on any atom is 0.0468 e. The summed E-state index contributed by atoms with van der Waals surface area (Å²) in [6.45, 7) is 1.75. The van der Waals surface area contributed by atoms with Crippen molar-refractivity contribution in [3.05, 3.63) is 52.2 Å². The van der Waals surface area contributed by atoms with Crippen molar-refractivity contribution >= 4 is 17.0 Å². The summed E-state index contributed by atoms with van der Waals surface area (Å²) in [5.74, 6) is 0. The van der Waals surface area contributed by atoms with Gasteiger partial charge in [-0.15, -0.1) is 11.3 Å². The highest BCUT2D eigenvalue weighted by molar-refractivity contribution is 7.10. The summed E-state index contributed by atoms with van der Waals surface area (Å²) in [6, 6.07) is 12.9. The Morgan fingerprint density at radius 1 is 1.21 bits per heavy atom. The third-order valence-electron chi connectivity index (χ3n) is 3.21. The molecule has 3 nitrogen and oxygen atoms in total. The lowest BCUT2D eigenvalue weighted by atomic mass is 10.1. The first kappa shape index (κ1) is 14.1. The van der Waals surface area contributed by atoms with Crippen LogP contribution in [0.25, 0.3) is 0 Å². The van der Waals surface area contributed by atoms with Crippen molar-refractivity contribution in [3.63, 3.8) is 0 Å². The SMILES string of the molecule is CN(C)C(CNCc1sccc1N)c1ccccc1. The van der Waals surface area contributed by atoms with Crippen LogP contribution in [0.4, 0.5) is 5.69 Å². The summed E-state index contributed by atoms with van der Waals surface area (Å²) < 4.78 is 0. The van der Waals surface area contributed by atoms with Crippen LogP contribution in [0, 0.1) is 0 Å². The molecule has 1 atom stereocenters. The second-order valence-electron chi connectivity index (χ2n) is 4.82. The second-order valence-corrected chi connectivity index (χ2v) is 5.82. The average molecular weight is 275 g/mol. The molecule has 1 aromatic heterocycles. The number of rotatable bonds is 6. The molecule has 2 aromatic rings. The van der Waals surface area contributed by atoms with Crippen LogP contribution in [0.1, 0.15) is 16.5 Å². The van der Waals surface area contributed by atoms with Crippen LogP contribution < -0.4 is 11.1 Å². The summed E-state index contributed by atoms with van der Waals surface area (Å²) in [7, 11) is 4.22. The molecule has 1 unspecified atom stereocenters. The minimum Gasteiger partial charge on any atom is -0.398 e. The molecular weight excluding hydrogens is 254 g/mol. The fourth-order valence-corrected chi connectivity index (χ4v) is 2.86. The van der Waals surface area contributed by atoms with Crippen LogP contribution in [0.5, 0.6) is 0 Å². The average Bonchev–Trinajstić information content (AvgIpc) is 2.81. The Bertz CT molecular complexity index is 493. The number of nitrogens with zero attached hydrogens (tertiary/aromatic N) is 1. The third-order valence-corrected chi connectivity index (χ3v) is 4.15. The molecule has 0 spiro atoms. The lowest BCUT2D eigenvalue weighted by molar-refractivity contribution is 0.288. The Hall–Kier alpha value is -1.36. The fourth-order valence-electron chi connectivity index (χ4n) is 2.09. The lowest BCUT2D eigenvalue weighted by Gasteiger charge is -2.25. The van der Waals surface area contributed by atoms with Crippen LogP contribution in [0.2, 0.25) is 0 Å². The smallest absolute Gasteiger partial charge is 0.0468 e. The van der Waals surface area contributed by atoms with E-state index in [4.69, 9.17) is 5.73 Å². The van der Waals surface area contributed by atoms with Crippen LogP contribution >= 0.6 is 11.3 Å². The summed E-state index contributed by atoms with van der Waals surface area (Å²) >= 11 is 1.70. The maximum absolute atomic E-state index is 5.89. The summed E-state index contributed by atoms with van der Waals surface area (Å²) in [5, 5.41) is 5.53. The van der Waals surface area contributed by atoms with Crippen LogP contribution in [0.15, 0.2) is 41.8 Å². The molecule has 19 heavy (non-hydrogen) atoms. The number of nitrogens with one attached hydrogen (secondary N) is 1. The molecule has 0 aliphatic rings. The van der Waals surface area contributed by atoms with Crippen molar-refractivity contribution in [1.82, 2.24) is 10.2 Å². The highest BCUT2D eigenvalue weighted by Crippen LogP contribution is 2.20. The van der Waals surface area contributed by atoms with Gasteiger partial charge in [0.25, 0.3) is 0 Å². The molecule has 102 valence electrons. The molecule has 2 rings (SSSR count). The van der Waals surface area contributed by atoms with Crippen LogP contribution in [-0.4, -0.2) is 25.5 Å². The van der Waals surface area contributed by atoms with E-state index in [9.17, 15) is 0 Å². The molecule has 0 saturated heterocycles. The van der Waals surface area contributed by atoms with Crippen molar-refractivity contribution in [2.45, 2.75) is 12.6 Å².